The molecule has 0 spiro atoms. The molecule has 1 heteroatoms. The molecule has 0 radical (unpaired) electrons. The summed E-state index contributed by atoms with van der Waals surface area (Å²) >= 11 is 2.38. The van der Waals surface area contributed by atoms with Crippen LogP contribution in [0.4, 0.5) is 0 Å². The van der Waals surface area contributed by atoms with Crippen LogP contribution in [0.5, 0.6) is 0 Å². The van der Waals surface area contributed by atoms with Gasteiger partial charge in [-0.2, -0.15) is 0 Å². The van der Waals surface area contributed by atoms with Gasteiger partial charge in [-0.3, -0.25) is 0 Å². The summed E-state index contributed by atoms with van der Waals surface area (Å²) in [6.07, 6.45) is 5.55. The van der Waals surface area contributed by atoms with E-state index < -0.39 is 0 Å². The highest BCUT2D eigenvalue weighted by atomic mass is 127. The van der Waals surface area contributed by atoms with E-state index in [1.807, 2.05) is 0 Å². The van der Waals surface area contributed by atoms with Gasteiger partial charge in [-0.15, -0.1) is 0 Å². The van der Waals surface area contributed by atoms with Gasteiger partial charge in [0, 0.05) is 3.57 Å². The normalized spacial score (nSPS) is 13.5. The van der Waals surface area contributed by atoms with Crippen molar-refractivity contribution in [1.29, 1.82) is 0 Å². The SMILES string of the molecule is Ic1cc2c3c(cccc3c1)CC=C2. The van der Waals surface area contributed by atoms with Crippen molar-refractivity contribution < 1.29 is 0 Å². The lowest BCUT2D eigenvalue weighted by molar-refractivity contribution is 1.29. The Kier molecular flexibility index (Phi) is 1.87. The Labute approximate surface area is 96.8 Å². The monoisotopic (exact) mass is 292 g/mol. The van der Waals surface area contributed by atoms with Gasteiger partial charge >= 0.3 is 0 Å². The van der Waals surface area contributed by atoms with Gasteiger partial charge < -0.3 is 0 Å². The van der Waals surface area contributed by atoms with Crippen LogP contribution in [0.3, 0.4) is 0 Å². The number of halogens is 1. The first kappa shape index (κ1) is 8.48. The molecule has 2 aromatic rings. The Bertz CT molecular complexity index is 538. The van der Waals surface area contributed by atoms with Gasteiger partial charge in [-0.25, -0.2) is 0 Å². The molecule has 0 amide bonds. The molecule has 0 saturated heterocycles. The number of allylic oxidation sites excluding steroid dienone is 1. The molecule has 0 atom stereocenters. The maximum Gasteiger partial charge on any atom is 0.0142 e. The van der Waals surface area contributed by atoms with Gasteiger partial charge in [0.1, 0.15) is 0 Å². The summed E-state index contributed by atoms with van der Waals surface area (Å²) in [4.78, 5) is 0. The molecular formula is C13H9I. The summed E-state index contributed by atoms with van der Waals surface area (Å²) in [5.74, 6) is 0. The summed E-state index contributed by atoms with van der Waals surface area (Å²) in [6, 6.07) is 11.1. The average Bonchev–Trinajstić information content (AvgIpc) is 2.18. The Morgan fingerprint density at radius 3 is 3.00 bits per heavy atom. The number of hydrogen-bond donors (Lipinski definition) is 0. The van der Waals surface area contributed by atoms with E-state index in [0.29, 0.717) is 0 Å². The number of hydrogen-bond acceptors (Lipinski definition) is 0. The van der Waals surface area contributed by atoms with Crippen molar-refractivity contribution in [2.45, 2.75) is 6.42 Å². The Morgan fingerprint density at radius 1 is 1.14 bits per heavy atom. The van der Waals surface area contributed by atoms with Gasteiger partial charge in [0.05, 0.1) is 0 Å². The lowest BCUT2D eigenvalue weighted by Crippen LogP contribution is -1.93. The van der Waals surface area contributed by atoms with Crippen molar-refractivity contribution >= 4 is 39.4 Å². The fourth-order valence-electron chi connectivity index (χ4n) is 2.12. The standard InChI is InChI=1S/C13H9I/c14-12-7-10-5-1-3-9-4-2-6-11(8-12)13(9)10/h1-3,5-8H,4H2. The smallest absolute Gasteiger partial charge is 0.0142 e. The number of rotatable bonds is 0. The molecule has 0 unspecified atom stereocenters. The highest BCUT2D eigenvalue weighted by Crippen LogP contribution is 2.29. The molecule has 1 aliphatic carbocycles. The van der Waals surface area contributed by atoms with E-state index in [-0.39, 0.29) is 0 Å². The number of benzene rings is 2. The third kappa shape index (κ3) is 1.19. The molecular weight excluding hydrogens is 283 g/mol. The predicted octanol–water partition coefficient (Wildman–Crippen LogP) is 4.01. The maximum atomic E-state index is 2.38. The van der Waals surface area contributed by atoms with E-state index in [2.05, 4.69) is 65.1 Å². The average molecular weight is 292 g/mol. The van der Waals surface area contributed by atoms with Crippen molar-refractivity contribution in [3.8, 4) is 0 Å². The molecule has 0 N–H and O–H groups in total. The first-order chi connectivity index (χ1) is 6.84. The fraction of sp³-hybridized carbons (Fsp3) is 0.0769. The van der Waals surface area contributed by atoms with Crippen LogP contribution in [-0.2, 0) is 6.42 Å². The molecule has 0 saturated carbocycles. The minimum Gasteiger partial charge on any atom is -0.0795 e. The second kappa shape index (κ2) is 3.09. The maximum absolute atomic E-state index is 2.38. The minimum atomic E-state index is 1.07. The lowest BCUT2D eigenvalue weighted by Gasteiger charge is -2.12. The van der Waals surface area contributed by atoms with E-state index in [4.69, 9.17) is 0 Å². The second-order valence-corrected chi connectivity index (χ2v) is 4.86. The van der Waals surface area contributed by atoms with Crippen molar-refractivity contribution in [2.75, 3.05) is 0 Å². The summed E-state index contributed by atoms with van der Waals surface area (Å²) < 4.78 is 1.31. The summed E-state index contributed by atoms with van der Waals surface area (Å²) in [5.41, 5.74) is 2.82. The van der Waals surface area contributed by atoms with E-state index >= 15 is 0 Å². The summed E-state index contributed by atoms with van der Waals surface area (Å²) in [5, 5.41) is 2.81. The zero-order chi connectivity index (χ0) is 9.54. The zero-order valence-electron chi connectivity index (χ0n) is 7.63. The van der Waals surface area contributed by atoms with Gasteiger partial charge in [0.2, 0.25) is 0 Å². The van der Waals surface area contributed by atoms with Gasteiger partial charge in [0.25, 0.3) is 0 Å². The van der Waals surface area contributed by atoms with Gasteiger partial charge in [0.15, 0.2) is 0 Å². The summed E-state index contributed by atoms with van der Waals surface area (Å²) in [6.45, 7) is 0. The van der Waals surface area contributed by atoms with E-state index in [1.165, 1.54) is 25.5 Å². The second-order valence-electron chi connectivity index (χ2n) is 3.62. The van der Waals surface area contributed by atoms with Crippen LogP contribution in [0.15, 0.2) is 36.4 Å². The largest absolute Gasteiger partial charge is 0.0795 e. The topological polar surface area (TPSA) is 0 Å². The third-order valence-electron chi connectivity index (χ3n) is 2.69. The molecule has 0 aliphatic heterocycles. The molecule has 2 aromatic carbocycles. The van der Waals surface area contributed by atoms with E-state index in [9.17, 15) is 0 Å². The first-order valence-corrected chi connectivity index (χ1v) is 5.80. The molecule has 14 heavy (non-hydrogen) atoms. The molecule has 1 aliphatic rings. The Balaban J connectivity index is 2.53. The van der Waals surface area contributed by atoms with Crippen molar-refractivity contribution in [3.63, 3.8) is 0 Å². The molecule has 0 aromatic heterocycles. The van der Waals surface area contributed by atoms with E-state index in [1.54, 1.807) is 0 Å². The molecule has 0 bridgehead atoms. The molecule has 0 nitrogen and oxygen atoms in total. The Hall–Kier alpha value is -0.830. The quantitative estimate of drug-likeness (QED) is 0.643. The van der Waals surface area contributed by atoms with Crippen molar-refractivity contribution in [2.24, 2.45) is 0 Å². The molecule has 0 heterocycles. The lowest BCUT2D eigenvalue weighted by atomic mass is 9.93. The Morgan fingerprint density at radius 2 is 2.07 bits per heavy atom. The first-order valence-electron chi connectivity index (χ1n) is 4.72. The third-order valence-corrected chi connectivity index (χ3v) is 3.32. The van der Waals surface area contributed by atoms with Crippen molar-refractivity contribution in [1.82, 2.24) is 0 Å². The van der Waals surface area contributed by atoms with Gasteiger partial charge in [-0.05, 0) is 63.0 Å². The molecule has 68 valence electrons. The van der Waals surface area contributed by atoms with Crippen molar-refractivity contribution in [3.05, 3.63) is 51.1 Å². The predicted molar refractivity (Wildman–Crippen MR) is 69.4 cm³/mol. The zero-order valence-corrected chi connectivity index (χ0v) is 9.78. The fourth-order valence-corrected chi connectivity index (χ4v) is 2.79. The molecule has 3 rings (SSSR count). The van der Waals surface area contributed by atoms with Crippen LogP contribution in [-0.4, -0.2) is 0 Å². The van der Waals surface area contributed by atoms with Crippen LogP contribution in [0.2, 0.25) is 0 Å². The molecule has 0 fully saturated rings. The minimum absolute atomic E-state index is 1.07. The van der Waals surface area contributed by atoms with Crippen LogP contribution >= 0.6 is 22.6 Å². The van der Waals surface area contributed by atoms with Crippen LogP contribution < -0.4 is 0 Å². The summed E-state index contributed by atoms with van der Waals surface area (Å²) in [7, 11) is 0. The van der Waals surface area contributed by atoms with Gasteiger partial charge in [-0.1, -0.05) is 30.4 Å². The van der Waals surface area contributed by atoms with Crippen LogP contribution in [0.25, 0.3) is 16.8 Å². The highest BCUT2D eigenvalue weighted by molar-refractivity contribution is 14.1. The van der Waals surface area contributed by atoms with Crippen LogP contribution in [0, 0.1) is 3.57 Å². The van der Waals surface area contributed by atoms with E-state index in [0.717, 1.165) is 6.42 Å². The highest BCUT2D eigenvalue weighted by Gasteiger charge is 2.08. The van der Waals surface area contributed by atoms with Crippen LogP contribution in [0.1, 0.15) is 11.1 Å².